The van der Waals surface area contributed by atoms with E-state index in [9.17, 15) is 0 Å². The number of hydrogen-bond donors (Lipinski definition) is 0. The lowest BCUT2D eigenvalue weighted by atomic mass is 9.92. The van der Waals surface area contributed by atoms with Crippen molar-refractivity contribution in [3.8, 4) is 5.75 Å². The molecule has 0 N–H and O–H groups in total. The van der Waals surface area contributed by atoms with E-state index < -0.39 is 0 Å². The first-order chi connectivity index (χ1) is 9.08. The van der Waals surface area contributed by atoms with Crippen molar-refractivity contribution < 1.29 is 4.74 Å². The van der Waals surface area contributed by atoms with Crippen LogP contribution in [-0.4, -0.2) is 32.6 Å². The Balaban J connectivity index is 3.01. The van der Waals surface area contributed by atoms with E-state index in [1.165, 1.54) is 17.6 Å². The zero-order valence-corrected chi connectivity index (χ0v) is 12.9. The maximum Gasteiger partial charge on any atom is 0.119 e. The van der Waals surface area contributed by atoms with Crippen LogP contribution in [0.4, 0.5) is 0 Å². The van der Waals surface area contributed by atoms with Crippen LogP contribution < -0.4 is 4.74 Å². The molecule has 106 valence electrons. The third kappa shape index (κ3) is 5.07. The Kier molecular flexibility index (Phi) is 6.65. The quantitative estimate of drug-likeness (QED) is 0.733. The third-order valence-corrected chi connectivity index (χ3v) is 3.23. The van der Waals surface area contributed by atoms with Gasteiger partial charge in [0.1, 0.15) is 5.75 Å². The van der Waals surface area contributed by atoms with E-state index in [2.05, 4.69) is 57.1 Å². The fraction of sp³-hybridized carbons (Fsp3) is 0.529. The molecule has 0 fully saturated rings. The van der Waals surface area contributed by atoms with Gasteiger partial charge >= 0.3 is 0 Å². The Morgan fingerprint density at radius 3 is 2.68 bits per heavy atom. The molecule has 2 nitrogen and oxygen atoms in total. The number of ether oxygens (including phenoxy) is 1. The highest BCUT2D eigenvalue weighted by molar-refractivity contribution is 5.68. The number of allylic oxidation sites excluding steroid dienone is 1. The smallest absolute Gasteiger partial charge is 0.119 e. The molecule has 0 spiro atoms. The molecule has 1 rings (SSSR count). The van der Waals surface area contributed by atoms with E-state index in [0.717, 1.165) is 18.7 Å². The van der Waals surface area contributed by atoms with E-state index in [-0.39, 0.29) is 0 Å². The van der Waals surface area contributed by atoms with E-state index >= 15 is 0 Å². The minimum Gasteiger partial charge on any atom is -0.497 e. The first kappa shape index (κ1) is 15.8. The molecule has 0 bridgehead atoms. The standard InChI is InChI=1S/C17H27NO/c1-6-7-11-17(14(2)13-18(3)4)15-9-8-10-16(12-15)19-5/h8-12,14H,6-7,13H2,1-5H3/b17-11-/t14-/m0/s1. The molecule has 0 saturated carbocycles. The second-order valence-corrected chi connectivity index (χ2v) is 5.34. The molecule has 0 aliphatic carbocycles. The highest BCUT2D eigenvalue weighted by atomic mass is 16.5. The van der Waals surface area contributed by atoms with Gasteiger partial charge in [0.2, 0.25) is 0 Å². The molecule has 0 saturated heterocycles. The van der Waals surface area contributed by atoms with Crippen molar-refractivity contribution in [2.45, 2.75) is 26.7 Å². The molecule has 0 aromatic heterocycles. The van der Waals surface area contributed by atoms with Crippen molar-refractivity contribution in [3.05, 3.63) is 35.9 Å². The summed E-state index contributed by atoms with van der Waals surface area (Å²) in [4.78, 5) is 2.24. The molecule has 0 amide bonds. The van der Waals surface area contributed by atoms with Gasteiger partial charge in [-0.1, -0.05) is 38.5 Å². The van der Waals surface area contributed by atoms with Crippen molar-refractivity contribution in [1.82, 2.24) is 4.90 Å². The van der Waals surface area contributed by atoms with Gasteiger partial charge in [-0.25, -0.2) is 0 Å². The number of unbranched alkanes of at least 4 members (excludes halogenated alkanes) is 1. The van der Waals surface area contributed by atoms with Crippen molar-refractivity contribution in [2.75, 3.05) is 27.7 Å². The maximum atomic E-state index is 5.33. The normalized spacial score (nSPS) is 13.7. The van der Waals surface area contributed by atoms with Gasteiger partial charge < -0.3 is 9.64 Å². The van der Waals surface area contributed by atoms with Crippen molar-refractivity contribution in [1.29, 1.82) is 0 Å². The average Bonchev–Trinajstić information content (AvgIpc) is 2.38. The molecule has 0 unspecified atom stereocenters. The summed E-state index contributed by atoms with van der Waals surface area (Å²) in [6, 6.07) is 8.37. The van der Waals surface area contributed by atoms with Gasteiger partial charge in [-0.05, 0) is 49.7 Å². The average molecular weight is 261 g/mol. The summed E-state index contributed by atoms with van der Waals surface area (Å²) < 4.78 is 5.33. The number of rotatable bonds is 7. The van der Waals surface area contributed by atoms with Gasteiger partial charge in [-0.2, -0.15) is 0 Å². The van der Waals surface area contributed by atoms with E-state index in [4.69, 9.17) is 4.74 Å². The van der Waals surface area contributed by atoms with Crippen LogP contribution >= 0.6 is 0 Å². The van der Waals surface area contributed by atoms with Crippen LogP contribution in [0.2, 0.25) is 0 Å². The summed E-state index contributed by atoms with van der Waals surface area (Å²) in [6.45, 7) is 5.57. The summed E-state index contributed by atoms with van der Waals surface area (Å²) in [5.74, 6) is 1.45. The van der Waals surface area contributed by atoms with Crippen LogP contribution in [0, 0.1) is 5.92 Å². The molecule has 2 heteroatoms. The SMILES string of the molecule is CCC/C=C(\c1cccc(OC)c1)[C@@H](C)CN(C)C. The Labute approximate surface area is 118 Å². The number of nitrogens with zero attached hydrogens (tertiary/aromatic N) is 1. The predicted octanol–water partition coefficient (Wildman–Crippen LogP) is 4.08. The number of methoxy groups -OCH3 is 1. The Bertz CT molecular complexity index is 409. The fourth-order valence-corrected chi connectivity index (χ4v) is 2.35. The third-order valence-electron chi connectivity index (χ3n) is 3.23. The van der Waals surface area contributed by atoms with E-state index in [0.29, 0.717) is 5.92 Å². The Morgan fingerprint density at radius 2 is 2.11 bits per heavy atom. The molecule has 0 aliphatic heterocycles. The molecular weight excluding hydrogens is 234 g/mol. The first-order valence-electron chi connectivity index (χ1n) is 7.07. The minimum atomic E-state index is 0.522. The van der Waals surface area contributed by atoms with Crippen LogP contribution in [0.5, 0.6) is 5.75 Å². The van der Waals surface area contributed by atoms with Crippen LogP contribution in [0.1, 0.15) is 32.3 Å². The first-order valence-corrected chi connectivity index (χ1v) is 7.07. The maximum absolute atomic E-state index is 5.33. The summed E-state index contributed by atoms with van der Waals surface area (Å²) in [5.41, 5.74) is 2.71. The minimum absolute atomic E-state index is 0.522. The van der Waals surface area contributed by atoms with Gasteiger partial charge in [0.15, 0.2) is 0 Å². The zero-order valence-electron chi connectivity index (χ0n) is 12.9. The van der Waals surface area contributed by atoms with Crippen LogP contribution in [0.25, 0.3) is 5.57 Å². The lowest BCUT2D eigenvalue weighted by molar-refractivity contribution is 0.375. The topological polar surface area (TPSA) is 12.5 Å². The fourth-order valence-electron chi connectivity index (χ4n) is 2.35. The predicted molar refractivity (Wildman–Crippen MR) is 83.6 cm³/mol. The van der Waals surface area contributed by atoms with Gasteiger partial charge in [0.25, 0.3) is 0 Å². The Morgan fingerprint density at radius 1 is 1.37 bits per heavy atom. The molecule has 1 aromatic rings. The molecule has 0 radical (unpaired) electrons. The second-order valence-electron chi connectivity index (χ2n) is 5.34. The van der Waals surface area contributed by atoms with Crippen LogP contribution in [-0.2, 0) is 0 Å². The highest BCUT2D eigenvalue weighted by Crippen LogP contribution is 2.27. The van der Waals surface area contributed by atoms with Gasteiger partial charge in [-0.3, -0.25) is 0 Å². The summed E-state index contributed by atoms with van der Waals surface area (Å²) in [6.07, 6.45) is 4.69. The summed E-state index contributed by atoms with van der Waals surface area (Å²) >= 11 is 0. The summed E-state index contributed by atoms with van der Waals surface area (Å²) in [7, 11) is 5.97. The number of hydrogen-bond acceptors (Lipinski definition) is 2. The lowest BCUT2D eigenvalue weighted by Gasteiger charge is -2.21. The molecule has 0 heterocycles. The van der Waals surface area contributed by atoms with Crippen LogP contribution in [0.15, 0.2) is 30.3 Å². The number of benzene rings is 1. The van der Waals surface area contributed by atoms with Crippen molar-refractivity contribution in [3.63, 3.8) is 0 Å². The van der Waals surface area contributed by atoms with Gasteiger partial charge in [-0.15, -0.1) is 0 Å². The monoisotopic (exact) mass is 261 g/mol. The highest BCUT2D eigenvalue weighted by Gasteiger charge is 2.12. The van der Waals surface area contributed by atoms with Gasteiger partial charge in [0.05, 0.1) is 7.11 Å². The van der Waals surface area contributed by atoms with E-state index in [1.807, 2.05) is 6.07 Å². The molecular formula is C17H27NO. The lowest BCUT2D eigenvalue weighted by Crippen LogP contribution is -2.20. The zero-order chi connectivity index (χ0) is 14.3. The van der Waals surface area contributed by atoms with Gasteiger partial charge in [0, 0.05) is 6.54 Å². The van der Waals surface area contributed by atoms with E-state index in [1.54, 1.807) is 7.11 Å². The molecule has 19 heavy (non-hydrogen) atoms. The van der Waals surface area contributed by atoms with Crippen molar-refractivity contribution in [2.24, 2.45) is 5.92 Å². The summed E-state index contributed by atoms with van der Waals surface area (Å²) in [5, 5.41) is 0. The molecule has 1 atom stereocenters. The van der Waals surface area contributed by atoms with Crippen molar-refractivity contribution >= 4 is 5.57 Å². The second kappa shape index (κ2) is 8.00. The molecule has 1 aromatic carbocycles. The largest absolute Gasteiger partial charge is 0.497 e. The Hall–Kier alpha value is -1.28. The molecule has 0 aliphatic rings. The van der Waals surface area contributed by atoms with Crippen LogP contribution in [0.3, 0.4) is 0 Å².